The standard InChI is InChI=1S/C18H24F3NO2/c1-2-13(23)11-14-15(19)17(24)16(18(20)21)22(14)10-6-9-12-7-4-3-5-8-12/h3-5,7-8,14-18,24H,2,6,9-11H2,1H3/t14-,15+,16+,17+/m1/s1. The maximum Gasteiger partial charge on any atom is 0.256 e. The normalized spacial score (nSPS) is 27.8. The van der Waals surface area contributed by atoms with Gasteiger partial charge in [-0.15, -0.1) is 0 Å². The minimum absolute atomic E-state index is 0.136. The fourth-order valence-corrected chi connectivity index (χ4v) is 3.34. The zero-order chi connectivity index (χ0) is 17.7. The highest BCUT2D eigenvalue weighted by atomic mass is 19.3. The van der Waals surface area contributed by atoms with Crippen LogP contribution in [-0.2, 0) is 11.2 Å². The molecule has 0 bridgehead atoms. The molecule has 1 aromatic carbocycles. The second kappa shape index (κ2) is 8.62. The topological polar surface area (TPSA) is 40.5 Å². The van der Waals surface area contributed by atoms with Crippen molar-refractivity contribution in [3.8, 4) is 0 Å². The van der Waals surface area contributed by atoms with E-state index in [0.29, 0.717) is 12.8 Å². The van der Waals surface area contributed by atoms with E-state index in [1.54, 1.807) is 6.92 Å². The van der Waals surface area contributed by atoms with Crippen LogP contribution in [0.2, 0.25) is 0 Å². The Kier molecular flexibility index (Phi) is 6.80. The first-order valence-electron chi connectivity index (χ1n) is 8.37. The molecule has 24 heavy (non-hydrogen) atoms. The van der Waals surface area contributed by atoms with Crippen molar-refractivity contribution in [3.05, 3.63) is 35.9 Å². The van der Waals surface area contributed by atoms with Gasteiger partial charge >= 0.3 is 0 Å². The molecule has 1 aliphatic rings. The first-order valence-corrected chi connectivity index (χ1v) is 8.37. The summed E-state index contributed by atoms with van der Waals surface area (Å²) in [5.41, 5.74) is 1.07. The van der Waals surface area contributed by atoms with E-state index in [9.17, 15) is 23.1 Å². The number of ketones is 1. The molecule has 0 saturated carbocycles. The average Bonchev–Trinajstić information content (AvgIpc) is 2.80. The van der Waals surface area contributed by atoms with E-state index in [4.69, 9.17) is 0 Å². The minimum Gasteiger partial charge on any atom is -0.388 e. The third-order valence-corrected chi connectivity index (χ3v) is 4.67. The van der Waals surface area contributed by atoms with Crippen molar-refractivity contribution < 1.29 is 23.1 Å². The van der Waals surface area contributed by atoms with Gasteiger partial charge in [0.1, 0.15) is 24.1 Å². The van der Waals surface area contributed by atoms with Gasteiger partial charge in [-0.1, -0.05) is 37.3 Å². The van der Waals surface area contributed by atoms with Crippen LogP contribution in [0.1, 0.15) is 31.7 Å². The average molecular weight is 343 g/mol. The van der Waals surface area contributed by atoms with Crippen LogP contribution in [0.4, 0.5) is 13.2 Å². The molecule has 1 aliphatic heterocycles. The Hall–Kier alpha value is -1.40. The summed E-state index contributed by atoms with van der Waals surface area (Å²) in [6.07, 6.45) is -5.10. The predicted molar refractivity (Wildman–Crippen MR) is 85.9 cm³/mol. The SMILES string of the molecule is CCC(=O)C[C@@H]1[C@H](F)[C@H](O)[C@@H](C(F)F)N1CCCc1ccccc1. The molecular weight excluding hydrogens is 319 g/mol. The molecule has 1 heterocycles. The van der Waals surface area contributed by atoms with E-state index < -0.39 is 30.8 Å². The number of Topliss-reactive ketones (excluding diaryl/α,β-unsaturated/α-hetero) is 1. The number of alkyl halides is 3. The van der Waals surface area contributed by atoms with Gasteiger partial charge in [0.2, 0.25) is 0 Å². The number of hydrogen-bond acceptors (Lipinski definition) is 3. The van der Waals surface area contributed by atoms with Crippen molar-refractivity contribution in [3.63, 3.8) is 0 Å². The van der Waals surface area contributed by atoms with E-state index >= 15 is 0 Å². The van der Waals surface area contributed by atoms with Crippen LogP contribution in [0, 0.1) is 0 Å². The lowest BCUT2D eigenvalue weighted by molar-refractivity contribution is -0.120. The third kappa shape index (κ3) is 4.36. The fraction of sp³-hybridized carbons (Fsp3) is 0.611. The van der Waals surface area contributed by atoms with Crippen molar-refractivity contribution in [1.82, 2.24) is 4.90 Å². The monoisotopic (exact) mass is 343 g/mol. The Labute approximate surface area is 140 Å². The maximum absolute atomic E-state index is 14.3. The van der Waals surface area contributed by atoms with Gasteiger partial charge in [-0.05, 0) is 24.9 Å². The van der Waals surface area contributed by atoms with Crippen molar-refractivity contribution in [2.45, 2.75) is 63.4 Å². The number of likely N-dealkylation sites (tertiary alicyclic amines) is 1. The molecule has 1 saturated heterocycles. The van der Waals surface area contributed by atoms with E-state index in [0.717, 1.165) is 5.56 Å². The highest BCUT2D eigenvalue weighted by Gasteiger charge is 2.52. The number of nitrogens with zero attached hydrogens (tertiary/aromatic N) is 1. The van der Waals surface area contributed by atoms with Gasteiger partial charge in [0, 0.05) is 12.8 Å². The summed E-state index contributed by atoms with van der Waals surface area (Å²) in [5.74, 6) is -0.183. The van der Waals surface area contributed by atoms with Gasteiger partial charge in [-0.25, -0.2) is 13.2 Å². The van der Waals surface area contributed by atoms with Gasteiger partial charge in [0.25, 0.3) is 6.43 Å². The van der Waals surface area contributed by atoms with Crippen LogP contribution in [0.15, 0.2) is 30.3 Å². The first kappa shape index (κ1) is 18.9. The summed E-state index contributed by atoms with van der Waals surface area (Å²) in [6, 6.07) is 7.06. The number of benzene rings is 1. The molecule has 0 amide bonds. The molecule has 134 valence electrons. The number of aliphatic hydroxyl groups is 1. The zero-order valence-corrected chi connectivity index (χ0v) is 13.7. The lowest BCUT2D eigenvalue weighted by Gasteiger charge is -2.29. The highest BCUT2D eigenvalue weighted by molar-refractivity contribution is 5.78. The quantitative estimate of drug-likeness (QED) is 0.789. The van der Waals surface area contributed by atoms with Crippen LogP contribution < -0.4 is 0 Å². The summed E-state index contributed by atoms with van der Waals surface area (Å²) >= 11 is 0. The Balaban J connectivity index is 2.05. The smallest absolute Gasteiger partial charge is 0.256 e. The van der Waals surface area contributed by atoms with Crippen LogP contribution in [0.5, 0.6) is 0 Å². The van der Waals surface area contributed by atoms with Gasteiger partial charge in [-0.3, -0.25) is 9.69 Å². The van der Waals surface area contributed by atoms with Crippen LogP contribution >= 0.6 is 0 Å². The predicted octanol–water partition coefficient (Wildman–Crippen LogP) is 3.01. The molecule has 0 aliphatic carbocycles. The lowest BCUT2D eigenvalue weighted by Crippen LogP contribution is -2.44. The molecule has 4 atom stereocenters. The van der Waals surface area contributed by atoms with Crippen molar-refractivity contribution >= 4 is 5.78 Å². The number of aliphatic hydroxyl groups excluding tert-OH is 1. The molecule has 0 unspecified atom stereocenters. The Bertz CT molecular complexity index is 526. The second-order valence-corrected chi connectivity index (χ2v) is 6.25. The molecule has 1 fully saturated rings. The van der Waals surface area contributed by atoms with Crippen LogP contribution in [-0.4, -0.2) is 53.1 Å². The second-order valence-electron chi connectivity index (χ2n) is 6.25. The number of carbonyl (C=O) groups is 1. The van der Waals surface area contributed by atoms with E-state index in [-0.39, 0.29) is 25.2 Å². The van der Waals surface area contributed by atoms with E-state index in [1.807, 2.05) is 30.3 Å². The highest BCUT2D eigenvalue weighted by Crippen LogP contribution is 2.33. The summed E-state index contributed by atoms with van der Waals surface area (Å²) in [5, 5.41) is 9.86. The molecule has 2 rings (SSSR count). The molecule has 0 radical (unpaired) electrons. The number of halogens is 3. The van der Waals surface area contributed by atoms with Gasteiger partial charge in [-0.2, -0.15) is 0 Å². The fourth-order valence-electron chi connectivity index (χ4n) is 3.34. The van der Waals surface area contributed by atoms with Gasteiger partial charge in [0.05, 0.1) is 6.04 Å². The largest absolute Gasteiger partial charge is 0.388 e. The number of aryl methyl sites for hydroxylation is 1. The molecule has 3 nitrogen and oxygen atoms in total. The summed E-state index contributed by atoms with van der Waals surface area (Å²) in [7, 11) is 0. The zero-order valence-electron chi connectivity index (χ0n) is 13.7. The number of hydrogen-bond donors (Lipinski definition) is 1. The molecule has 0 aromatic heterocycles. The van der Waals surface area contributed by atoms with Crippen molar-refractivity contribution in [2.24, 2.45) is 0 Å². The molecule has 1 N–H and O–H groups in total. The summed E-state index contributed by atoms with van der Waals surface area (Å²) in [6.45, 7) is 1.88. The van der Waals surface area contributed by atoms with Crippen LogP contribution in [0.25, 0.3) is 0 Å². The van der Waals surface area contributed by atoms with Gasteiger partial charge < -0.3 is 5.11 Å². The number of carbonyl (C=O) groups excluding carboxylic acids is 1. The van der Waals surface area contributed by atoms with E-state index in [2.05, 4.69) is 0 Å². The van der Waals surface area contributed by atoms with E-state index in [1.165, 1.54) is 4.90 Å². The third-order valence-electron chi connectivity index (χ3n) is 4.67. The maximum atomic E-state index is 14.3. The van der Waals surface area contributed by atoms with Crippen molar-refractivity contribution in [1.29, 1.82) is 0 Å². The summed E-state index contributed by atoms with van der Waals surface area (Å²) in [4.78, 5) is 13.0. The first-order chi connectivity index (χ1) is 11.5. The molecule has 6 heteroatoms. The summed E-state index contributed by atoms with van der Waals surface area (Å²) < 4.78 is 40.9. The Morgan fingerprint density at radius 2 is 1.96 bits per heavy atom. The lowest BCUT2D eigenvalue weighted by atomic mass is 10.0. The van der Waals surface area contributed by atoms with Crippen molar-refractivity contribution in [2.75, 3.05) is 6.54 Å². The van der Waals surface area contributed by atoms with Gasteiger partial charge in [0.15, 0.2) is 0 Å². The molecular formula is C18H24F3NO2. The Morgan fingerprint density at radius 3 is 2.54 bits per heavy atom. The Morgan fingerprint density at radius 1 is 1.29 bits per heavy atom. The molecule has 1 aromatic rings. The van der Waals surface area contributed by atoms with Crippen LogP contribution in [0.3, 0.4) is 0 Å². The minimum atomic E-state index is -2.85. The molecule has 0 spiro atoms. The number of rotatable bonds is 8.